The van der Waals surface area contributed by atoms with Crippen molar-refractivity contribution in [1.29, 1.82) is 0 Å². The lowest BCUT2D eigenvalue weighted by atomic mass is 10.2. The molecule has 0 spiro atoms. The number of ether oxygens (including phenoxy) is 2. The average molecular weight is 469 g/mol. The first-order valence-corrected chi connectivity index (χ1v) is 11.5. The maximum atomic E-state index is 12.6. The molecular weight excluding hydrogens is 444 g/mol. The van der Waals surface area contributed by atoms with Gasteiger partial charge in [0.15, 0.2) is 6.61 Å². The molecule has 0 aromatic heterocycles. The highest BCUT2D eigenvalue weighted by atomic mass is 32.2. The van der Waals surface area contributed by atoms with E-state index in [2.05, 4.69) is 14.8 Å². The number of carbonyl (C=O) groups is 2. The van der Waals surface area contributed by atoms with E-state index in [1.807, 2.05) is 30.3 Å². The Kier molecular flexibility index (Phi) is 7.81. The minimum absolute atomic E-state index is 0.110. The molecule has 2 N–H and O–H groups in total. The highest BCUT2D eigenvalue weighted by Crippen LogP contribution is 2.22. The Morgan fingerprint density at radius 2 is 1.64 bits per heavy atom. The van der Waals surface area contributed by atoms with Gasteiger partial charge in [-0.05, 0) is 60.5 Å². The second-order valence-corrected chi connectivity index (χ2v) is 8.91. The van der Waals surface area contributed by atoms with Crippen molar-refractivity contribution in [3.8, 4) is 5.75 Å². The van der Waals surface area contributed by atoms with Gasteiger partial charge in [0.25, 0.3) is 5.91 Å². The second-order valence-electron chi connectivity index (χ2n) is 7.14. The van der Waals surface area contributed by atoms with E-state index in [1.165, 1.54) is 37.4 Å². The van der Waals surface area contributed by atoms with Crippen LogP contribution in [-0.2, 0) is 26.1 Å². The molecule has 0 fully saturated rings. The first kappa shape index (κ1) is 24.0. The highest BCUT2D eigenvalue weighted by Gasteiger charge is 2.16. The normalized spacial score (nSPS) is 11.0. The average Bonchev–Trinajstić information content (AvgIpc) is 2.82. The van der Waals surface area contributed by atoms with Crippen molar-refractivity contribution in [3.05, 3.63) is 89.5 Å². The van der Waals surface area contributed by atoms with E-state index in [9.17, 15) is 18.0 Å². The summed E-state index contributed by atoms with van der Waals surface area (Å²) in [6.45, 7) is 1.62. The molecule has 8 nitrogen and oxygen atoms in total. The number of aryl methyl sites for hydroxylation is 1. The van der Waals surface area contributed by atoms with Crippen molar-refractivity contribution in [2.45, 2.75) is 18.4 Å². The molecule has 0 bridgehead atoms. The molecule has 3 rings (SSSR count). The van der Waals surface area contributed by atoms with Crippen LogP contribution in [0.3, 0.4) is 0 Å². The van der Waals surface area contributed by atoms with Gasteiger partial charge in [0.1, 0.15) is 5.75 Å². The number of amides is 1. The zero-order chi connectivity index (χ0) is 23.8. The third kappa shape index (κ3) is 6.64. The van der Waals surface area contributed by atoms with Crippen LogP contribution in [-0.4, -0.2) is 34.0 Å². The fourth-order valence-corrected chi connectivity index (χ4v) is 4.06. The Bertz CT molecular complexity index is 1230. The topological polar surface area (TPSA) is 111 Å². The Balaban J connectivity index is 1.56. The van der Waals surface area contributed by atoms with Crippen LogP contribution in [0.1, 0.15) is 21.5 Å². The van der Waals surface area contributed by atoms with Crippen LogP contribution in [0.15, 0.2) is 77.7 Å². The van der Waals surface area contributed by atoms with Gasteiger partial charge in [-0.15, -0.1) is 0 Å². The number of rotatable bonds is 9. The van der Waals surface area contributed by atoms with Crippen LogP contribution in [0.4, 0.5) is 5.69 Å². The minimum Gasteiger partial charge on any atom is -0.483 e. The summed E-state index contributed by atoms with van der Waals surface area (Å²) in [5.41, 5.74) is 2.30. The van der Waals surface area contributed by atoms with Gasteiger partial charge >= 0.3 is 5.97 Å². The summed E-state index contributed by atoms with van der Waals surface area (Å²) < 4.78 is 37.9. The first-order chi connectivity index (χ1) is 15.8. The molecule has 0 saturated carbocycles. The molecule has 0 heterocycles. The van der Waals surface area contributed by atoms with Crippen molar-refractivity contribution >= 4 is 27.6 Å². The maximum Gasteiger partial charge on any atom is 0.337 e. The third-order valence-electron chi connectivity index (χ3n) is 4.71. The molecule has 0 aliphatic heterocycles. The fraction of sp³-hybridized carbons (Fsp3) is 0.167. The summed E-state index contributed by atoms with van der Waals surface area (Å²) in [5, 5.41) is 2.66. The minimum atomic E-state index is -3.70. The van der Waals surface area contributed by atoms with E-state index >= 15 is 0 Å². The third-order valence-corrected chi connectivity index (χ3v) is 6.11. The van der Waals surface area contributed by atoms with Crippen molar-refractivity contribution in [1.82, 2.24) is 4.72 Å². The lowest BCUT2D eigenvalue weighted by Gasteiger charge is -2.12. The van der Waals surface area contributed by atoms with E-state index in [0.29, 0.717) is 22.6 Å². The van der Waals surface area contributed by atoms with Gasteiger partial charge in [0, 0.05) is 12.2 Å². The molecule has 0 saturated heterocycles. The molecule has 0 aliphatic rings. The summed E-state index contributed by atoms with van der Waals surface area (Å²) in [6, 6.07) is 19.9. The van der Waals surface area contributed by atoms with Gasteiger partial charge in [-0.25, -0.2) is 17.9 Å². The van der Waals surface area contributed by atoms with E-state index in [-0.39, 0.29) is 18.0 Å². The van der Waals surface area contributed by atoms with Crippen molar-refractivity contribution < 1.29 is 27.5 Å². The predicted octanol–water partition coefficient (Wildman–Crippen LogP) is 3.28. The first-order valence-electron chi connectivity index (χ1n) is 10.0. The molecule has 0 radical (unpaired) electrons. The smallest absolute Gasteiger partial charge is 0.337 e. The molecule has 0 unspecified atom stereocenters. The van der Waals surface area contributed by atoms with Crippen LogP contribution in [0.2, 0.25) is 0 Å². The maximum absolute atomic E-state index is 12.6. The van der Waals surface area contributed by atoms with E-state index < -0.39 is 21.9 Å². The Hall–Kier alpha value is -3.69. The Morgan fingerprint density at radius 3 is 2.27 bits per heavy atom. The van der Waals surface area contributed by atoms with Crippen LogP contribution >= 0.6 is 0 Å². The molecular formula is C24H24N2O6S. The zero-order valence-corrected chi connectivity index (χ0v) is 19.0. The van der Waals surface area contributed by atoms with E-state index in [1.54, 1.807) is 19.1 Å². The Labute approximate surface area is 192 Å². The van der Waals surface area contributed by atoms with Gasteiger partial charge in [-0.1, -0.05) is 30.3 Å². The number of hydrogen-bond donors (Lipinski definition) is 2. The summed E-state index contributed by atoms with van der Waals surface area (Å²) in [5.74, 6) is -0.470. The fourth-order valence-electron chi connectivity index (χ4n) is 2.96. The monoisotopic (exact) mass is 468 g/mol. The van der Waals surface area contributed by atoms with Crippen LogP contribution in [0.5, 0.6) is 5.75 Å². The molecule has 0 aliphatic carbocycles. The lowest BCUT2D eigenvalue weighted by molar-refractivity contribution is -0.118. The number of nitrogens with one attached hydrogen (secondary N) is 2. The molecule has 172 valence electrons. The molecule has 33 heavy (non-hydrogen) atoms. The lowest BCUT2D eigenvalue weighted by Crippen LogP contribution is -2.23. The van der Waals surface area contributed by atoms with Crippen molar-refractivity contribution in [3.63, 3.8) is 0 Å². The SMILES string of the molecule is COC(=O)c1ccc(NC(=O)COc2ccc(S(=O)(=O)NCc3ccccc3)cc2C)cc1. The number of anilines is 1. The number of carbonyl (C=O) groups excluding carboxylic acids is 2. The number of methoxy groups -OCH3 is 1. The predicted molar refractivity (Wildman–Crippen MR) is 124 cm³/mol. The van der Waals surface area contributed by atoms with Crippen LogP contribution < -0.4 is 14.8 Å². The summed E-state index contributed by atoms with van der Waals surface area (Å²) in [4.78, 5) is 23.7. The number of hydrogen-bond acceptors (Lipinski definition) is 6. The van der Waals surface area contributed by atoms with Gasteiger partial charge in [0.05, 0.1) is 17.6 Å². The van der Waals surface area contributed by atoms with Crippen LogP contribution in [0, 0.1) is 6.92 Å². The summed E-state index contributed by atoms with van der Waals surface area (Å²) in [7, 11) is -2.41. The van der Waals surface area contributed by atoms with E-state index in [4.69, 9.17) is 4.74 Å². The molecule has 3 aromatic rings. The number of sulfonamides is 1. The quantitative estimate of drug-likeness (QED) is 0.467. The molecule has 3 aromatic carbocycles. The summed E-state index contributed by atoms with van der Waals surface area (Å²) in [6.07, 6.45) is 0. The van der Waals surface area contributed by atoms with Gasteiger partial charge in [-0.2, -0.15) is 0 Å². The zero-order valence-electron chi connectivity index (χ0n) is 18.2. The van der Waals surface area contributed by atoms with Gasteiger partial charge in [0.2, 0.25) is 10.0 Å². The van der Waals surface area contributed by atoms with Crippen molar-refractivity contribution in [2.75, 3.05) is 19.0 Å². The van der Waals surface area contributed by atoms with Crippen molar-refractivity contribution in [2.24, 2.45) is 0 Å². The van der Waals surface area contributed by atoms with E-state index in [0.717, 1.165) is 5.56 Å². The largest absolute Gasteiger partial charge is 0.483 e. The molecule has 1 amide bonds. The molecule has 9 heteroatoms. The molecule has 0 atom stereocenters. The standard InChI is InChI=1S/C24H24N2O6S/c1-17-14-21(33(29,30)25-15-18-6-4-3-5-7-18)12-13-22(17)32-16-23(27)26-20-10-8-19(9-11-20)24(28)31-2/h3-14,25H,15-16H2,1-2H3,(H,26,27). The van der Waals surface area contributed by atoms with Crippen LogP contribution in [0.25, 0.3) is 0 Å². The van der Waals surface area contributed by atoms with Gasteiger partial charge in [-0.3, -0.25) is 4.79 Å². The second kappa shape index (κ2) is 10.8. The van der Waals surface area contributed by atoms with Gasteiger partial charge < -0.3 is 14.8 Å². The highest BCUT2D eigenvalue weighted by molar-refractivity contribution is 7.89. The number of esters is 1. The summed E-state index contributed by atoms with van der Waals surface area (Å²) >= 11 is 0. The number of benzene rings is 3. The Morgan fingerprint density at radius 1 is 0.939 bits per heavy atom.